The highest BCUT2D eigenvalue weighted by Crippen LogP contribution is 2.15. The number of ether oxygens (including phenoxy) is 1. The van der Waals surface area contributed by atoms with Gasteiger partial charge in [0.1, 0.15) is 5.75 Å². The number of benzene rings is 2. The summed E-state index contributed by atoms with van der Waals surface area (Å²) in [4.78, 5) is 26.7. The molecule has 0 radical (unpaired) electrons. The molecule has 3 aromatic rings. The van der Waals surface area contributed by atoms with Gasteiger partial charge in [-0.25, -0.2) is 4.79 Å². The van der Waals surface area contributed by atoms with Gasteiger partial charge in [0.25, 0.3) is 5.56 Å². The lowest BCUT2D eigenvalue weighted by Crippen LogP contribution is -2.29. The molecule has 5 heteroatoms. The van der Waals surface area contributed by atoms with E-state index in [9.17, 15) is 9.59 Å². The number of aryl methyl sites for hydroxylation is 1. The van der Waals surface area contributed by atoms with Crippen molar-refractivity contribution in [2.75, 3.05) is 0 Å². The lowest BCUT2D eigenvalue weighted by molar-refractivity contribution is 0.200. The molecular weight excluding hydrogens is 292 g/mol. The number of carbonyl (C=O) groups excluding carboxylic acids is 1. The molecule has 0 bridgehead atoms. The van der Waals surface area contributed by atoms with E-state index in [1.807, 2.05) is 31.2 Å². The first-order valence-electron chi connectivity index (χ1n) is 7.26. The lowest BCUT2D eigenvalue weighted by atomic mass is 10.1. The second kappa shape index (κ2) is 6.36. The van der Waals surface area contributed by atoms with Gasteiger partial charge in [0.15, 0.2) is 0 Å². The summed E-state index contributed by atoms with van der Waals surface area (Å²) < 4.78 is 5.12. The van der Waals surface area contributed by atoms with Crippen LogP contribution in [0.5, 0.6) is 5.75 Å². The fraction of sp³-hybridized carbons (Fsp3) is 0.111. The monoisotopic (exact) mass is 308 g/mol. The molecule has 0 aliphatic heterocycles. The van der Waals surface area contributed by atoms with Crippen LogP contribution < -0.4 is 15.6 Å². The second-order valence-corrected chi connectivity index (χ2v) is 5.22. The predicted molar refractivity (Wildman–Crippen MR) is 88.6 cm³/mol. The summed E-state index contributed by atoms with van der Waals surface area (Å²) in [5, 5.41) is 3.51. The summed E-state index contributed by atoms with van der Waals surface area (Å²) in [5.74, 6) is 0.452. The number of aromatic nitrogens is 1. The summed E-state index contributed by atoms with van der Waals surface area (Å²) in [6.07, 6.45) is -0.597. The van der Waals surface area contributed by atoms with Crippen LogP contribution in [0.3, 0.4) is 0 Å². The number of H-pyrrole nitrogens is 1. The molecule has 3 rings (SSSR count). The van der Waals surface area contributed by atoms with Crippen LogP contribution in [-0.4, -0.2) is 11.1 Å². The first kappa shape index (κ1) is 14.8. The third kappa shape index (κ3) is 3.40. The number of fused-ring (bicyclic) bond motifs is 1. The number of rotatable bonds is 3. The first-order valence-corrected chi connectivity index (χ1v) is 7.26. The minimum Gasteiger partial charge on any atom is -0.410 e. The fourth-order valence-electron chi connectivity index (χ4n) is 2.36. The van der Waals surface area contributed by atoms with Crippen LogP contribution in [0.4, 0.5) is 4.79 Å². The third-order valence-corrected chi connectivity index (χ3v) is 3.54. The smallest absolute Gasteiger partial charge is 0.410 e. The molecule has 23 heavy (non-hydrogen) atoms. The van der Waals surface area contributed by atoms with Gasteiger partial charge in [-0.3, -0.25) is 4.79 Å². The van der Waals surface area contributed by atoms with Gasteiger partial charge in [0.2, 0.25) is 0 Å². The Hall–Kier alpha value is -3.08. The van der Waals surface area contributed by atoms with E-state index in [-0.39, 0.29) is 12.1 Å². The van der Waals surface area contributed by atoms with E-state index >= 15 is 0 Å². The van der Waals surface area contributed by atoms with Crippen LogP contribution in [0.25, 0.3) is 10.9 Å². The highest BCUT2D eigenvalue weighted by Gasteiger charge is 2.08. The number of para-hydroxylation sites is 2. The van der Waals surface area contributed by atoms with Gasteiger partial charge < -0.3 is 15.0 Å². The zero-order valence-electron chi connectivity index (χ0n) is 12.6. The molecular formula is C18H16N2O3. The number of carbonyl (C=O) groups is 1. The molecule has 0 aliphatic carbocycles. The summed E-state index contributed by atoms with van der Waals surface area (Å²) in [6.45, 7) is 2.04. The molecule has 0 saturated heterocycles. The van der Waals surface area contributed by atoms with Crippen molar-refractivity contribution < 1.29 is 9.53 Å². The molecule has 5 nitrogen and oxygen atoms in total. The maximum absolute atomic E-state index is 12.1. The predicted octanol–water partition coefficient (Wildman–Crippen LogP) is 3.13. The molecule has 0 fully saturated rings. The first-order chi connectivity index (χ1) is 11.1. The van der Waals surface area contributed by atoms with Crippen molar-refractivity contribution in [3.05, 3.63) is 76.1 Å². The zero-order chi connectivity index (χ0) is 16.2. The van der Waals surface area contributed by atoms with E-state index in [1.165, 1.54) is 0 Å². The van der Waals surface area contributed by atoms with Crippen molar-refractivity contribution in [3.8, 4) is 5.75 Å². The van der Waals surface area contributed by atoms with Crippen LogP contribution >= 0.6 is 0 Å². The Balaban J connectivity index is 1.73. The number of hydrogen-bond donors (Lipinski definition) is 2. The topological polar surface area (TPSA) is 71.2 Å². The number of nitrogens with one attached hydrogen (secondary N) is 2. The van der Waals surface area contributed by atoms with Crippen molar-refractivity contribution in [2.24, 2.45) is 0 Å². The van der Waals surface area contributed by atoms with Gasteiger partial charge in [-0.15, -0.1) is 0 Å². The van der Waals surface area contributed by atoms with Crippen LogP contribution in [0, 0.1) is 6.92 Å². The molecule has 0 aliphatic rings. The maximum atomic E-state index is 12.1. The Labute approximate surface area is 132 Å². The van der Waals surface area contributed by atoms with E-state index in [2.05, 4.69) is 10.3 Å². The van der Waals surface area contributed by atoms with Crippen LogP contribution in [0.1, 0.15) is 11.1 Å². The highest BCUT2D eigenvalue weighted by atomic mass is 16.6. The van der Waals surface area contributed by atoms with Gasteiger partial charge >= 0.3 is 6.09 Å². The molecule has 0 atom stereocenters. The van der Waals surface area contributed by atoms with Crippen molar-refractivity contribution in [3.63, 3.8) is 0 Å². The Bertz CT molecular complexity index is 901. The van der Waals surface area contributed by atoms with Crippen LogP contribution in [-0.2, 0) is 6.54 Å². The second-order valence-electron chi connectivity index (χ2n) is 5.22. The zero-order valence-corrected chi connectivity index (χ0v) is 12.6. The Morgan fingerprint density at radius 1 is 1.13 bits per heavy atom. The normalized spacial score (nSPS) is 10.5. The fourth-order valence-corrected chi connectivity index (χ4v) is 2.36. The maximum Gasteiger partial charge on any atom is 0.412 e. The average molecular weight is 308 g/mol. The molecule has 116 valence electrons. The number of amides is 1. The van der Waals surface area contributed by atoms with Crippen LogP contribution in [0.2, 0.25) is 0 Å². The van der Waals surface area contributed by atoms with E-state index in [0.717, 1.165) is 16.5 Å². The Kier molecular flexibility index (Phi) is 4.10. The molecule has 1 amide bonds. The van der Waals surface area contributed by atoms with E-state index < -0.39 is 6.09 Å². The highest BCUT2D eigenvalue weighted by molar-refractivity contribution is 5.82. The summed E-state index contributed by atoms with van der Waals surface area (Å²) >= 11 is 0. The van der Waals surface area contributed by atoms with Crippen molar-refractivity contribution >= 4 is 17.0 Å². The van der Waals surface area contributed by atoms with Gasteiger partial charge in [-0.2, -0.15) is 0 Å². The van der Waals surface area contributed by atoms with Crippen molar-refractivity contribution in [2.45, 2.75) is 13.5 Å². The molecule has 2 N–H and O–H groups in total. The number of aromatic amines is 1. The average Bonchev–Trinajstić information content (AvgIpc) is 2.55. The third-order valence-electron chi connectivity index (χ3n) is 3.54. The molecule has 1 heterocycles. The van der Waals surface area contributed by atoms with Crippen molar-refractivity contribution in [1.82, 2.24) is 10.3 Å². The van der Waals surface area contributed by atoms with Crippen LogP contribution in [0.15, 0.2) is 59.4 Å². The standard InChI is InChI=1S/C18H16N2O3/c1-12-6-5-7-13-10-14(17(21)20-16(12)13)11-19-18(22)23-15-8-3-2-4-9-15/h2-10H,11H2,1H3,(H,19,22)(H,20,21). The summed E-state index contributed by atoms with van der Waals surface area (Å²) in [6, 6.07) is 16.3. The van der Waals surface area contributed by atoms with Crippen molar-refractivity contribution in [1.29, 1.82) is 0 Å². The largest absolute Gasteiger partial charge is 0.412 e. The SMILES string of the molecule is Cc1cccc2cc(CNC(=O)Oc3ccccc3)c(=O)[nH]c12. The van der Waals surface area contributed by atoms with E-state index in [0.29, 0.717) is 11.3 Å². The van der Waals surface area contributed by atoms with E-state index in [1.54, 1.807) is 30.3 Å². The molecule has 0 saturated carbocycles. The van der Waals surface area contributed by atoms with Gasteiger partial charge in [-0.1, -0.05) is 36.4 Å². The number of hydrogen-bond acceptors (Lipinski definition) is 3. The van der Waals surface area contributed by atoms with E-state index in [4.69, 9.17) is 4.74 Å². The number of pyridine rings is 1. The summed E-state index contributed by atoms with van der Waals surface area (Å²) in [5.41, 5.74) is 2.08. The van der Waals surface area contributed by atoms with Gasteiger partial charge in [0, 0.05) is 5.56 Å². The molecule has 2 aromatic carbocycles. The van der Waals surface area contributed by atoms with Gasteiger partial charge in [0.05, 0.1) is 12.1 Å². The Morgan fingerprint density at radius 3 is 2.70 bits per heavy atom. The quantitative estimate of drug-likeness (QED) is 0.781. The minimum atomic E-state index is -0.597. The molecule has 0 spiro atoms. The minimum absolute atomic E-state index is 0.102. The van der Waals surface area contributed by atoms with Gasteiger partial charge in [-0.05, 0) is 36.1 Å². The lowest BCUT2D eigenvalue weighted by Gasteiger charge is -2.08. The summed E-state index contributed by atoms with van der Waals surface area (Å²) in [7, 11) is 0. The molecule has 1 aromatic heterocycles. The Morgan fingerprint density at radius 2 is 1.91 bits per heavy atom. The molecule has 0 unspecified atom stereocenters.